The van der Waals surface area contributed by atoms with Crippen molar-refractivity contribution < 1.29 is 24.4 Å². The molecule has 160 valence electrons. The summed E-state index contributed by atoms with van der Waals surface area (Å²) in [7, 11) is -1.75. The number of carbonyl (C=O) groups excluding carboxylic acids is 2. The molecule has 9 heteroatoms. The molecule has 1 aliphatic heterocycles. The minimum absolute atomic E-state index is 0.0302. The van der Waals surface area contributed by atoms with Gasteiger partial charge < -0.3 is 25.0 Å². The van der Waals surface area contributed by atoms with Crippen molar-refractivity contribution in [1.82, 2.24) is 10.2 Å². The average molecular weight is 413 g/mol. The number of hydrogen-bond acceptors (Lipinski definition) is 6. The Kier molecular flexibility index (Phi) is 8.90. The van der Waals surface area contributed by atoms with Gasteiger partial charge in [-0.15, -0.1) is 0 Å². The Balaban J connectivity index is 1.92. The van der Waals surface area contributed by atoms with Crippen LogP contribution in [0.1, 0.15) is 32.3 Å². The van der Waals surface area contributed by atoms with Gasteiger partial charge in [0.25, 0.3) is 5.91 Å². The lowest BCUT2D eigenvalue weighted by Crippen LogP contribution is -2.49. The maximum Gasteiger partial charge on any atom is 0.475 e. The lowest BCUT2D eigenvalue weighted by molar-refractivity contribution is -0.128. The van der Waals surface area contributed by atoms with E-state index in [2.05, 4.69) is 5.32 Å². The van der Waals surface area contributed by atoms with Crippen molar-refractivity contribution in [3.63, 3.8) is 0 Å². The lowest BCUT2D eigenvalue weighted by atomic mass is 9.76. The first-order valence-electron chi connectivity index (χ1n) is 10.1. The van der Waals surface area contributed by atoms with E-state index >= 15 is 0 Å². The fraction of sp³-hybridized carbons (Fsp3) is 0.476. The van der Waals surface area contributed by atoms with Gasteiger partial charge in [0.2, 0.25) is 0 Å². The molecule has 0 spiro atoms. The summed E-state index contributed by atoms with van der Waals surface area (Å²) in [6, 6.07) is 10.8. The molecule has 1 saturated heterocycles. The monoisotopic (exact) mass is 413 g/mol. The van der Waals surface area contributed by atoms with Crippen LogP contribution < -0.4 is 5.32 Å². The van der Waals surface area contributed by atoms with E-state index in [1.54, 1.807) is 11.0 Å². The zero-order chi connectivity index (χ0) is 22.1. The van der Waals surface area contributed by atoms with Gasteiger partial charge in [-0.1, -0.05) is 50.3 Å². The van der Waals surface area contributed by atoms with Gasteiger partial charge in [0, 0.05) is 6.54 Å². The number of hydrogen-bond donors (Lipinski definition) is 3. The lowest BCUT2D eigenvalue weighted by Gasteiger charge is -2.25. The van der Waals surface area contributed by atoms with Crippen LogP contribution >= 0.6 is 0 Å². The van der Waals surface area contributed by atoms with Gasteiger partial charge in [0.05, 0.1) is 12.0 Å². The second-order valence-electron chi connectivity index (χ2n) is 7.68. The number of allylic oxidation sites excluding steroid dienone is 1. The minimum Gasteiger partial charge on any atom is -0.447 e. The van der Waals surface area contributed by atoms with Crippen LogP contribution in [0.3, 0.4) is 0 Å². The van der Waals surface area contributed by atoms with Crippen LogP contribution in [0.4, 0.5) is 4.79 Å². The van der Waals surface area contributed by atoms with E-state index in [1.807, 2.05) is 50.2 Å². The van der Waals surface area contributed by atoms with Gasteiger partial charge in [-0.3, -0.25) is 4.79 Å². The Bertz CT molecular complexity index is 792. The summed E-state index contributed by atoms with van der Waals surface area (Å²) in [6.45, 7) is 4.25. The van der Waals surface area contributed by atoms with Crippen LogP contribution in [-0.4, -0.2) is 59.2 Å². The van der Waals surface area contributed by atoms with Gasteiger partial charge in [0.1, 0.15) is 18.2 Å². The first-order chi connectivity index (χ1) is 14.3. The topological polar surface area (TPSA) is 123 Å². The van der Waals surface area contributed by atoms with Crippen LogP contribution in [0.2, 0.25) is 0 Å². The molecule has 0 aromatic heterocycles. The number of carbonyl (C=O) groups is 2. The Morgan fingerprint density at radius 3 is 2.67 bits per heavy atom. The number of ether oxygens (including phenoxy) is 1. The highest BCUT2D eigenvalue weighted by Gasteiger charge is 2.32. The number of rotatable bonds is 8. The Morgan fingerprint density at radius 1 is 1.37 bits per heavy atom. The second-order valence-corrected chi connectivity index (χ2v) is 7.68. The molecule has 30 heavy (non-hydrogen) atoms. The summed E-state index contributed by atoms with van der Waals surface area (Å²) in [4.78, 5) is 26.4. The van der Waals surface area contributed by atoms with Crippen molar-refractivity contribution in [2.45, 2.75) is 45.1 Å². The second kappa shape index (κ2) is 11.4. The molecule has 1 aromatic rings. The van der Waals surface area contributed by atoms with Gasteiger partial charge in [-0.05, 0) is 30.7 Å². The molecule has 2 atom stereocenters. The maximum atomic E-state index is 12.7. The molecular formula is C21H28BN3O5. The standard InChI is InChI=1S/C21H28BN3O5/c1-15(2)11-17(13-23)20(26)25-10-6-9-18(25)14-30-21(27)24-19(22(28)29)12-16-7-4-3-5-8-16/h3-5,7-8,11,15,18-19,28-29H,6,9-10,12,14H2,1-2H3,(H,24,27)/t18-,19-/m0/s1. The van der Waals surface area contributed by atoms with E-state index in [4.69, 9.17) is 4.74 Å². The normalized spacial score (nSPS) is 17.4. The number of likely N-dealkylation sites (tertiary alicyclic amines) is 1. The molecule has 1 aromatic carbocycles. The summed E-state index contributed by atoms with van der Waals surface area (Å²) in [5.74, 6) is -1.22. The number of alkyl carbamates (subject to hydrolysis) is 1. The Morgan fingerprint density at radius 2 is 2.07 bits per heavy atom. The molecule has 3 N–H and O–H groups in total. The van der Waals surface area contributed by atoms with Gasteiger partial charge in [-0.25, -0.2) is 4.79 Å². The molecule has 1 heterocycles. The number of nitrogens with one attached hydrogen (secondary N) is 1. The number of nitriles is 1. The fourth-order valence-corrected chi connectivity index (χ4v) is 3.38. The molecular weight excluding hydrogens is 385 g/mol. The summed E-state index contributed by atoms with van der Waals surface area (Å²) in [6.07, 6.45) is 2.49. The SMILES string of the molecule is CC(C)C=C(C#N)C(=O)N1CCC[C@H]1COC(=O)N[C@@H](Cc1ccccc1)B(O)O. The Labute approximate surface area is 177 Å². The molecule has 2 rings (SSSR count). The molecule has 0 radical (unpaired) electrons. The van der Waals surface area contributed by atoms with Gasteiger partial charge >= 0.3 is 13.2 Å². The molecule has 8 nitrogen and oxygen atoms in total. The molecule has 1 fully saturated rings. The van der Waals surface area contributed by atoms with Crippen molar-refractivity contribution in [3.8, 4) is 6.07 Å². The first kappa shape index (κ1) is 23.5. The number of nitrogens with zero attached hydrogens (tertiary/aromatic N) is 2. The number of benzene rings is 1. The average Bonchev–Trinajstić information content (AvgIpc) is 3.18. The highest BCUT2D eigenvalue weighted by Crippen LogP contribution is 2.20. The molecule has 1 aliphatic rings. The zero-order valence-electron chi connectivity index (χ0n) is 17.3. The third-order valence-corrected chi connectivity index (χ3v) is 4.86. The van der Waals surface area contributed by atoms with Crippen LogP contribution in [0, 0.1) is 17.2 Å². The summed E-state index contributed by atoms with van der Waals surface area (Å²) in [5, 5.41) is 30.9. The first-order valence-corrected chi connectivity index (χ1v) is 10.1. The molecule has 0 unspecified atom stereocenters. The predicted molar refractivity (Wildman–Crippen MR) is 112 cm³/mol. The third-order valence-electron chi connectivity index (χ3n) is 4.86. The van der Waals surface area contributed by atoms with E-state index in [0.29, 0.717) is 13.0 Å². The highest BCUT2D eigenvalue weighted by molar-refractivity contribution is 6.43. The van der Waals surface area contributed by atoms with Crippen molar-refractivity contribution in [2.24, 2.45) is 5.92 Å². The van der Waals surface area contributed by atoms with E-state index in [-0.39, 0.29) is 36.5 Å². The van der Waals surface area contributed by atoms with E-state index in [0.717, 1.165) is 12.0 Å². The quantitative estimate of drug-likeness (QED) is 0.337. The molecule has 2 amide bonds. The summed E-state index contributed by atoms with van der Waals surface area (Å²) in [5.41, 5.74) is 0.928. The molecule has 0 aliphatic carbocycles. The Hall–Kier alpha value is -2.83. The van der Waals surface area contributed by atoms with Crippen LogP contribution in [0.15, 0.2) is 42.0 Å². The van der Waals surface area contributed by atoms with Crippen molar-refractivity contribution in [2.75, 3.05) is 13.2 Å². The molecule has 0 saturated carbocycles. The van der Waals surface area contributed by atoms with Crippen LogP contribution in [0.5, 0.6) is 0 Å². The van der Waals surface area contributed by atoms with Crippen LogP contribution in [0.25, 0.3) is 0 Å². The van der Waals surface area contributed by atoms with Gasteiger partial charge in [0.15, 0.2) is 0 Å². The summed E-state index contributed by atoms with van der Waals surface area (Å²) >= 11 is 0. The van der Waals surface area contributed by atoms with E-state index in [9.17, 15) is 24.9 Å². The third kappa shape index (κ3) is 6.90. The van der Waals surface area contributed by atoms with Crippen molar-refractivity contribution >= 4 is 19.1 Å². The number of amides is 2. The van der Waals surface area contributed by atoms with E-state index < -0.39 is 19.2 Å². The van der Waals surface area contributed by atoms with Crippen molar-refractivity contribution in [1.29, 1.82) is 5.26 Å². The largest absolute Gasteiger partial charge is 0.475 e. The highest BCUT2D eigenvalue weighted by atomic mass is 16.5. The minimum atomic E-state index is -1.75. The zero-order valence-corrected chi connectivity index (χ0v) is 17.3. The maximum absolute atomic E-state index is 12.7. The summed E-state index contributed by atoms with van der Waals surface area (Å²) < 4.78 is 5.25. The fourth-order valence-electron chi connectivity index (χ4n) is 3.38. The van der Waals surface area contributed by atoms with Gasteiger partial charge in [-0.2, -0.15) is 5.26 Å². The predicted octanol–water partition coefficient (Wildman–Crippen LogP) is 1.43. The molecule has 0 bridgehead atoms. The smallest absolute Gasteiger partial charge is 0.447 e. The van der Waals surface area contributed by atoms with Crippen molar-refractivity contribution in [3.05, 3.63) is 47.5 Å². The van der Waals surface area contributed by atoms with E-state index in [1.165, 1.54) is 0 Å². The van der Waals surface area contributed by atoms with Crippen LogP contribution in [-0.2, 0) is 16.0 Å².